The maximum Gasteiger partial charge on any atom is 0.264 e. The van der Waals surface area contributed by atoms with Gasteiger partial charge in [-0.2, -0.15) is 0 Å². The molecule has 1 N–H and O–H groups in total. The van der Waals surface area contributed by atoms with Gasteiger partial charge in [-0.15, -0.1) is 0 Å². The van der Waals surface area contributed by atoms with E-state index >= 15 is 0 Å². The standard InChI is InChI=1S/C21H28N2O4S/c1-14(2)18-8-7-9-19(15(3)4)20(18)22-21(24)16-10-12-17(13-11-16)28(25,26)23(5)27-6/h7-15H,1-6H3,(H,22,24). The lowest BCUT2D eigenvalue weighted by Gasteiger charge is -2.20. The third-order valence-electron chi connectivity index (χ3n) is 4.62. The first kappa shape index (κ1) is 22.1. The summed E-state index contributed by atoms with van der Waals surface area (Å²) < 4.78 is 25.3. The number of carbonyl (C=O) groups is 1. The van der Waals surface area contributed by atoms with Crippen molar-refractivity contribution in [2.75, 3.05) is 19.5 Å². The third kappa shape index (κ3) is 4.60. The topological polar surface area (TPSA) is 75.7 Å². The smallest absolute Gasteiger partial charge is 0.264 e. The van der Waals surface area contributed by atoms with Gasteiger partial charge in [0.2, 0.25) is 0 Å². The Morgan fingerprint density at radius 3 is 1.89 bits per heavy atom. The molecular weight excluding hydrogens is 376 g/mol. The first-order chi connectivity index (χ1) is 13.1. The summed E-state index contributed by atoms with van der Waals surface area (Å²) in [7, 11) is -1.16. The number of rotatable bonds is 7. The molecule has 0 saturated carbocycles. The Morgan fingerprint density at radius 1 is 0.964 bits per heavy atom. The number of benzene rings is 2. The van der Waals surface area contributed by atoms with Crippen molar-refractivity contribution in [2.24, 2.45) is 0 Å². The highest BCUT2D eigenvalue weighted by atomic mass is 32.2. The monoisotopic (exact) mass is 404 g/mol. The molecule has 6 nitrogen and oxygen atoms in total. The minimum atomic E-state index is -3.75. The predicted molar refractivity (Wildman–Crippen MR) is 111 cm³/mol. The molecule has 7 heteroatoms. The first-order valence-corrected chi connectivity index (χ1v) is 10.6. The fourth-order valence-corrected chi connectivity index (χ4v) is 3.88. The quantitative estimate of drug-likeness (QED) is 0.696. The fourth-order valence-electron chi connectivity index (χ4n) is 2.91. The fraction of sp³-hybridized carbons (Fsp3) is 0.381. The number of hydrogen-bond acceptors (Lipinski definition) is 4. The molecule has 1 amide bonds. The zero-order valence-electron chi connectivity index (χ0n) is 17.2. The molecule has 0 saturated heterocycles. The molecule has 0 heterocycles. The Morgan fingerprint density at radius 2 is 1.46 bits per heavy atom. The van der Waals surface area contributed by atoms with Crippen LogP contribution in [-0.4, -0.2) is 33.0 Å². The zero-order valence-corrected chi connectivity index (χ0v) is 18.0. The lowest BCUT2D eigenvalue weighted by Crippen LogP contribution is -2.25. The van der Waals surface area contributed by atoms with Gasteiger partial charge in [0.05, 0.1) is 12.0 Å². The van der Waals surface area contributed by atoms with Gasteiger partial charge in [-0.3, -0.25) is 9.63 Å². The lowest BCUT2D eigenvalue weighted by molar-refractivity contribution is -0.0258. The average molecular weight is 405 g/mol. The summed E-state index contributed by atoms with van der Waals surface area (Å²) in [5, 5.41) is 3.03. The van der Waals surface area contributed by atoms with Gasteiger partial charge in [0, 0.05) is 18.3 Å². The van der Waals surface area contributed by atoms with E-state index in [4.69, 9.17) is 4.84 Å². The van der Waals surface area contributed by atoms with Crippen molar-refractivity contribution in [1.29, 1.82) is 0 Å². The minimum Gasteiger partial charge on any atom is -0.321 e. The summed E-state index contributed by atoms with van der Waals surface area (Å²) in [5.74, 6) is 0.233. The molecule has 0 bridgehead atoms. The Labute approximate surface area is 167 Å². The van der Waals surface area contributed by atoms with Gasteiger partial charge in [0.1, 0.15) is 0 Å². The lowest BCUT2D eigenvalue weighted by atomic mass is 9.92. The first-order valence-electron chi connectivity index (χ1n) is 9.16. The molecule has 0 aliphatic carbocycles. The highest BCUT2D eigenvalue weighted by Gasteiger charge is 2.21. The van der Waals surface area contributed by atoms with E-state index in [1.165, 1.54) is 38.4 Å². The highest BCUT2D eigenvalue weighted by molar-refractivity contribution is 7.89. The van der Waals surface area contributed by atoms with E-state index in [0.717, 1.165) is 21.3 Å². The molecule has 0 radical (unpaired) electrons. The summed E-state index contributed by atoms with van der Waals surface area (Å²) >= 11 is 0. The van der Waals surface area contributed by atoms with E-state index in [0.29, 0.717) is 5.56 Å². The predicted octanol–water partition coefficient (Wildman–Crippen LogP) is 4.37. The largest absolute Gasteiger partial charge is 0.321 e. The summed E-state index contributed by atoms with van der Waals surface area (Å²) in [4.78, 5) is 17.6. The molecule has 2 rings (SSSR count). The Kier molecular flexibility index (Phi) is 6.98. The van der Waals surface area contributed by atoms with E-state index in [9.17, 15) is 13.2 Å². The Bertz CT molecular complexity index is 909. The van der Waals surface area contributed by atoms with Crippen LogP contribution >= 0.6 is 0 Å². The van der Waals surface area contributed by atoms with Crippen LogP contribution < -0.4 is 5.32 Å². The van der Waals surface area contributed by atoms with Gasteiger partial charge in [0.15, 0.2) is 0 Å². The number of para-hydroxylation sites is 1. The van der Waals surface area contributed by atoms with Crippen LogP contribution in [0.1, 0.15) is 61.0 Å². The zero-order chi connectivity index (χ0) is 21.1. The molecule has 0 atom stereocenters. The van der Waals surface area contributed by atoms with Crippen molar-refractivity contribution in [3.63, 3.8) is 0 Å². The number of hydrogen-bond donors (Lipinski definition) is 1. The number of nitrogens with zero attached hydrogens (tertiary/aromatic N) is 1. The molecular formula is C21H28N2O4S. The minimum absolute atomic E-state index is 0.0545. The normalized spacial score (nSPS) is 12.0. The number of hydroxylamine groups is 1. The van der Waals surface area contributed by atoms with Crippen molar-refractivity contribution in [3.8, 4) is 0 Å². The molecule has 0 aromatic heterocycles. The molecule has 0 aliphatic heterocycles. The van der Waals surface area contributed by atoms with Gasteiger partial charge in [0.25, 0.3) is 15.9 Å². The van der Waals surface area contributed by atoms with Crippen LogP contribution in [0.25, 0.3) is 0 Å². The van der Waals surface area contributed by atoms with Crippen molar-refractivity contribution < 1.29 is 18.0 Å². The van der Waals surface area contributed by atoms with E-state index < -0.39 is 10.0 Å². The third-order valence-corrected chi connectivity index (χ3v) is 6.32. The van der Waals surface area contributed by atoms with Gasteiger partial charge >= 0.3 is 0 Å². The number of sulfonamides is 1. The number of carbonyl (C=O) groups excluding carboxylic acids is 1. The van der Waals surface area contributed by atoms with Crippen molar-refractivity contribution in [3.05, 3.63) is 59.2 Å². The van der Waals surface area contributed by atoms with Crippen LogP contribution in [0.15, 0.2) is 47.4 Å². The second-order valence-corrected chi connectivity index (χ2v) is 9.13. The average Bonchev–Trinajstić information content (AvgIpc) is 2.66. The molecule has 0 spiro atoms. The Hall–Kier alpha value is -2.22. The van der Waals surface area contributed by atoms with E-state index in [-0.39, 0.29) is 22.6 Å². The molecule has 152 valence electrons. The second kappa shape index (κ2) is 8.86. The molecule has 0 aliphatic rings. The van der Waals surface area contributed by atoms with Crippen molar-refractivity contribution >= 4 is 21.6 Å². The van der Waals surface area contributed by atoms with Crippen LogP contribution in [0.4, 0.5) is 5.69 Å². The van der Waals surface area contributed by atoms with Crippen LogP contribution in [0.3, 0.4) is 0 Å². The van der Waals surface area contributed by atoms with Crippen molar-refractivity contribution in [2.45, 2.75) is 44.4 Å². The van der Waals surface area contributed by atoms with Gasteiger partial charge in [-0.05, 0) is 47.2 Å². The molecule has 28 heavy (non-hydrogen) atoms. The number of amides is 1. The van der Waals surface area contributed by atoms with Gasteiger partial charge in [-0.1, -0.05) is 50.4 Å². The van der Waals surface area contributed by atoms with Crippen LogP contribution in [0.5, 0.6) is 0 Å². The Balaban J connectivity index is 2.34. The molecule has 2 aromatic carbocycles. The van der Waals surface area contributed by atoms with Crippen LogP contribution in [0.2, 0.25) is 0 Å². The van der Waals surface area contributed by atoms with E-state index in [1.807, 2.05) is 18.2 Å². The SMILES string of the molecule is CON(C)S(=O)(=O)c1ccc(C(=O)Nc2c(C(C)C)cccc2C(C)C)cc1. The summed E-state index contributed by atoms with van der Waals surface area (Å²) in [6, 6.07) is 11.8. The van der Waals surface area contributed by atoms with E-state index in [2.05, 4.69) is 33.0 Å². The number of anilines is 1. The van der Waals surface area contributed by atoms with Gasteiger partial charge in [-0.25, -0.2) is 8.42 Å². The maximum atomic E-state index is 12.8. The summed E-state index contributed by atoms with van der Waals surface area (Å²) in [6.07, 6.45) is 0. The van der Waals surface area contributed by atoms with Crippen molar-refractivity contribution in [1.82, 2.24) is 4.47 Å². The summed E-state index contributed by atoms with van der Waals surface area (Å²) in [5.41, 5.74) is 3.35. The van der Waals surface area contributed by atoms with Crippen LogP contribution in [0, 0.1) is 0 Å². The highest BCUT2D eigenvalue weighted by Crippen LogP contribution is 2.32. The molecule has 2 aromatic rings. The number of nitrogens with one attached hydrogen (secondary N) is 1. The van der Waals surface area contributed by atoms with Gasteiger partial charge < -0.3 is 5.32 Å². The maximum absolute atomic E-state index is 12.8. The molecule has 0 fully saturated rings. The van der Waals surface area contributed by atoms with E-state index in [1.54, 1.807) is 0 Å². The van der Waals surface area contributed by atoms with Crippen LogP contribution in [-0.2, 0) is 14.9 Å². The summed E-state index contributed by atoms with van der Waals surface area (Å²) in [6.45, 7) is 8.34. The second-order valence-electron chi connectivity index (χ2n) is 7.20. The molecule has 0 unspecified atom stereocenters.